The van der Waals surface area contributed by atoms with Crippen LogP contribution in [-0.2, 0) is 11.2 Å². The summed E-state index contributed by atoms with van der Waals surface area (Å²) in [4.78, 5) is 4.79. The zero-order valence-electron chi connectivity index (χ0n) is 15.0. The summed E-state index contributed by atoms with van der Waals surface area (Å²) in [5.74, 6) is 0.719. The molecule has 2 atom stereocenters. The molecule has 0 bridgehead atoms. The Hall–Kier alpha value is -0.940. The van der Waals surface area contributed by atoms with Gasteiger partial charge in [-0.1, -0.05) is 29.8 Å². The Bertz CT molecular complexity index is 485. The third-order valence-electron chi connectivity index (χ3n) is 5.29. The maximum absolute atomic E-state index is 10.4. The molecular formula is C20H32N2O2. The van der Waals surface area contributed by atoms with Crippen LogP contribution in [0.15, 0.2) is 24.3 Å². The second-order valence-electron chi connectivity index (χ2n) is 7.52. The van der Waals surface area contributed by atoms with Gasteiger partial charge in [-0.15, -0.1) is 0 Å². The molecule has 0 saturated carbocycles. The van der Waals surface area contributed by atoms with Crippen LogP contribution in [0, 0.1) is 12.8 Å². The molecule has 4 nitrogen and oxygen atoms in total. The van der Waals surface area contributed by atoms with Crippen molar-refractivity contribution in [3.8, 4) is 0 Å². The van der Waals surface area contributed by atoms with Crippen LogP contribution in [0.5, 0.6) is 0 Å². The van der Waals surface area contributed by atoms with Crippen molar-refractivity contribution < 1.29 is 9.84 Å². The summed E-state index contributed by atoms with van der Waals surface area (Å²) in [6.45, 7) is 9.48. The maximum Gasteiger partial charge on any atom is 0.0793 e. The van der Waals surface area contributed by atoms with Gasteiger partial charge in [0, 0.05) is 32.7 Å². The number of benzene rings is 1. The molecule has 2 fully saturated rings. The highest BCUT2D eigenvalue weighted by Gasteiger charge is 2.23. The standard InChI is InChI=1S/C20H32N2O2/c1-17-4-6-18(7-5-17)13-19-3-2-8-22(14-19)16-20(23)15-21-9-11-24-12-10-21/h4-7,19-20,23H,2-3,8-16H2,1H3/t19-,20-/m1/s1. The van der Waals surface area contributed by atoms with Crippen molar-refractivity contribution in [2.45, 2.75) is 32.3 Å². The van der Waals surface area contributed by atoms with Crippen molar-refractivity contribution in [2.24, 2.45) is 5.92 Å². The number of β-amino-alcohol motifs (C(OH)–C–C–N with tert-alkyl or cyclic N) is 1. The first-order chi connectivity index (χ1) is 11.7. The topological polar surface area (TPSA) is 35.9 Å². The number of aryl methyl sites for hydroxylation is 1. The van der Waals surface area contributed by atoms with Gasteiger partial charge in [-0.25, -0.2) is 0 Å². The van der Waals surface area contributed by atoms with Crippen LogP contribution in [0.3, 0.4) is 0 Å². The van der Waals surface area contributed by atoms with Gasteiger partial charge in [0.25, 0.3) is 0 Å². The molecular weight excluding hydrogens is 300 g/mol. The summed E-state index contributed by atoms with van der Waals surface area (Å²) in [7, 11) is 0. The minimum atomic E-state index is -0.249. The van der Waals surface area contributed by atoms with E-state index in [1.807, 2.05) is 0 Å². The van der Waals surface area contributed by atoms with Crippen molar-refractivity contribution in [1.82, 2.24) is 9.80 Å². The van der Waals surface area contributed by atoms with E-state index < -0.39 is 0 Å². The highest BCUT2D eigenvalue weighted by atomic mass is 16.5. The second kappa shape index (κ2) is 8.95. The van der Waals surface area contributed by atoms with Gasteiger partial charge in [-0.05, 0) is 44.2 Å². The zero-order chi connectivity index (χ0) is 16.8. The molecule has 2 aliphatic heterocycles. The van der Waals surface area contributed by atoms with Gasteiger partial charge in [0.05, 0.1) is 19.3 Å². The van der Waals surface area contributed by atoms with E-state index in [1.54, 1.807) is 0 Å². The summed E-state index contributed by atoms with van der Waals surface area (Å²) < 4.78 is 5.38. The number of likely N-dealkylation sites (tertiary alicyclic amines) is 1. The molecule has 0 radical (unpaired) electrons. The van der Waals surface area contributed by atoms with Gasteiger partial charge in [0.15, 0.2) is 0 Å². The monoisotopic (exact) mass is 332 g/mol. The maximum atomic E-state index is 10.4. The first kappa shape index (κ1) is 17.9. The lowest BCUT2D eigenvalue weighted by atomic mass is 9.91. The van der Waals surface area contributed by atoms with E-state index in [0.29, 0.717) is 0 Å². The van der Waals surface area contributed by atoms with E-state index >= 15 is 0 Å². The molecule has 0 unspecified atom stereocenters. The van der Waals surface area contributed by atoms with Crippen molar-refractivity contribution in [3.63, 3.8) is 0 Å². The molecule has 0 aromatic heterocycles. The smallest absolute Gasteiger partial charge is 0.0793 e. The predicted octanol–water partition coefficient (Wildman–Crippen LogP) is 1.94. The molecule has 1 aromatic carbocycles. The van der Waals surface area contributed by atoms with Crippen molar-refractivity contribution in [3.05, 3.63) is 35.4 Å². The van der Waals surface area contributed by atoms with Crippen LogP contribution in [0.2, 0.25) is 0 Å². The predicted molar refractivity (Wildman–Crippen MR) is 97.3 cm³/mol. The van der Waals surface area contributed by atoms with Crippen molar-refractivity contribution >= 4 is 0 Å². The molecule has 0 spiro atoms. The Labute approximate surface area is 146 Å². The number of hydrogen-bond acceptors (Lipinski definition) is 4. The molecule has 134 valence electrons. The normalized spacial score (nSPS) is 24.8. The van der Waals surface area contributed by atoms with Crippen molar-refractivity contribution in [2.75, 3.05) is 52.5 Å². The first-order valence-electron chi connectivity index (χ1n) is 9.45. The lowest BCUT2D eigenvalue weighted by Crippen LogP contribution is -2.46. The summed E-state index contributed by atoms with van der Waals surface area (Å²) in [6.07, 6.45) is 3.47. The Morgan fingerprint density at radius 2 is 1.79 bits per heavy atom. The average Bonchev–Trinajstić information content (AvgIpc) is 2.58. The fourth-order valence-electron chi connectivity index (χ4n) is 3.98. The lowest BCUT2D eigenvalue weighted by molar-refractivity contribution is 0.00342. The third-order valence-corrected chi connectivity index (χ3v) is 5.29. The Balaban J connectivity index is 1.43. The van der Waals surface area contributed by atoms with Crippen LogP contribution in [0.1, 0.15) is 24.0 Å². The molecule has 3 rings (SSSR count). The van der Waals surface area contributed by atoms with Crippen LogP contribution in [-0.4, -0.2) is 73.5 Å². The van der Waals surface area contributed by atoms with E-state index in [0.717, 1.165) is 64.8 Å². The minimum absolute atomic E-state index is 0.249. The van der Waals surface area contributed by atoms with Crippen LogP contribution >= 0.6 is 0 Å². The van der Waals surface area contributed by atoms with E-state index in [4.69, 9.17) is 4.74 Å². The number of ether oxygens (including phenoxy) is 1. The second-order valence-corrected chi connectivity index (χ2v) is 7.52. The highest BCUT2D eigenvalue weighted by Crippen LogP contribution is 2.21. The van der Waals surface area contributed by atoms with E-state index in [9.17, 15) is 5.11 Å². The average molecular weight is 332 g/mol. The van der Waals surface area contributed by atoms with Crippen LogP contribution < -0.4 is 0 Å². The quantitative estimate of drug-likeness (QED) is 0.864. The Morgan fingerprint density at radius 3 is 2.54 bits per heavy atom. The molecule has 0 aliphatic carbocycles. The molecule has 1 N–H and O–H groups in total. The number of aliphatic hydroxyl groups excluding tert-OH is 1. The number of piperidine rings is 1. The SMILES string of the molecule is Cc1ccc(C[C@H]2CCCN(C[C@H](O)CN3CCOCC3)C2)cc1. The molecule has 2 aliphatic rings. The van der Waals surface area contributed by atoms with Crippen LogP contribution in [0.25, 0.3) is 0 Å². The Morgan fingerprint density at radius 1 is 1.08 bits per heavy atom. The molecule has 2 heterocycles. The molecule has 0 amide bonds. The molecule has 4 heteroatoms. The van der Waals surface area contributed by atoms with Gasteiger partial charge >= 0.3 is 0 Å². The van der Waals surface area contributed by atoms with E-state index in [2.05, 4.69) is 41.0 Å². The van der Waals surface area contributed by atoms with Crippen molar-refractivity contribution in [1.29, 1.82) is 0 Å². The molecule has 24 heavy (non-hydrogen) atoms. The summed E-state index contributed by atoms with van der Waals surface area (Å²) >= 11 is 0. The van der Waals surface area contributed by atoms with Gasteiger partial charge in [0.2, 0.25) is 0 Å². The number of nitrogens with zero attached hydrogens (tertiary/aromatic N) is 2. The summed E-state index contributed by atoms with van der Waals surface area (Å²) in [5.41, 5.74) is 2.77. The number of aliphatic hydroxyl groups is 1. The number of morpholine rings is 1. The fourth-order valence-corrected chi connectivity index (χ4v) is 3.98. The Kier molecular flexibility index (Phi) is 6.67. The van der Waals surface area contributed by atoms with Gasteiger partial charge in [-0.2, -0.15) is 0 Å². The van der Waals surface area contributed by atoms with E-state index in [1.165, 1.54) is 24.0 Å². The minimum Gasteiger partial charge on any atom is -0.390 e. The zero-order valence-corrected chi connectivity index (χ0v) is 15.0. The third kappa shape index (κ3) is 5.55. The first-order valence-corrected chi connectivity index (χ1v) is 9.45. The molecule has 2 saturated heterocycles. The molecule has 1 aromatic rings. The largest absolute Gasteiger partial charge is 0.390 e. The number of rotatable bonds is 6. The van der Waals surface area contributed by atoms with Gasteiger partial charge in [0.1, 0.15) is 0 Å². The summed E-state index contributed by atoms with van der Waals surface area (Å²) in [6, 6.07) is 8.95. The fraction of sp³-hybridized carbons (Fsp3) is 0.700. The lowest BCUT2D eigenvalue weighted by Gasteiger charge is -2.35. The number of hydrogen-bond donors (Lipinski definition) is 1. The van der Waals surface area contributed by atoms with Gasteiger partial charge < -0.3 is 14.7 Å². The van der Waals surface area contributed by atoms with Gasteiger partial charge in [-0.3, -0.25) is 4.90 Å². The highest BCUT2D eigenvalue weighted by molar-refractivity contribution is 5.21. The van der Waals surface area contributed by atoms with E-state index in [-0.39, 0.29) is 6.10 Å². The summed E-state index contributed by atoms with van der Waals surface area (Å²) in [5, 5.41) is 10.4. The van der Waals surface area contributed by atoms with Crippen LogP contribution in [0.4, 0.5) is 0 Å².